The van der Waals surface area contributed by atoms with Gasteiger partial charge in [-0.05, 0) is 44.5 Å². The molecule has 126 valence electrons. The number of aryl methyl sites for hydroxylation is 3. The topological polar surface area (TPSA) is 83.5 Å². The highest BCUT2D eigenvalue weighted by Gasteiger charge is 2.15. The van der Waals surface area contributed by atoms with Crippen molar-refractivity contribution in [2.24, 2.45) is 0 Å². The van der Waals surface area contributed by atoms with E-state index in [1.807, 2.05) is 19.9 Å². The minimum absolute atomic E-state index is 0.0528. The quantitative estimate of drug-likeness (QED) is 0.776. The predicted octanol–water partition coefficient (Wildman–Crippen LogP) is 3.97. The monoisotopic (exact) mass is 345 g/mol. The Bertz CT molecular complexity index is 807. The summed E-state index contributed by atoms with van der Waals surface area (Å²) in [7, 11) is 0. The van der Waals surface area contributed by atoms with Gasteiger partial charge in [-0.25, -0.2) is 4.79 Å². The molecule has 2 aromatic rings. The van der Waals surface area contributed by atoms with E-state index in [4.69, 9.17) is 5.11 Å². The van der Waals surface area contributed by atoms with Crippen LogP contribution in [0.25, 0.3) is 0 Å². The van der Waals surface area contributed by atoms with Gasteiger partial charge in [0.1, 0.15) is 0 Å². The van der Waals surface area contributed by atoms with Gasteiger partial charge in [-0.1, -0.05) is 6.07 Å². The Morgan fingerprint density at radius 1 is 1.08 bits per heavy atom. The van der Waals surface area contributed by atoms with E-state index in [2.05, 4.69) is 5.32 Å². The van der Waals surface area contributed by atoms with Gasteiger partial charge in [-0.2, -0.15) is 0 Å². The van der Waals surface area contributed by atoms with Crippen LogP contribution in [0.5, 0.6) is 0 Å². The Labute approximate surface area is 144 Å². The number of hydrogen-bond acceptors (Lipinski definition) is 4. The molecule has 1 heterocycles. The van der Waals surface area contributed by atoms with Crippen LogP contribution in [0.4, 0.5) is 5.69 Å². The van der Waals surface area contributed by atoms with E-state index in [1.165, 1.54) is 12.1 Å². The largest absolute Gasteiger partial charge is 0.478 e. The fraction of sp³-hybridized carbons (Fsp3) is 0.278. The van der Waals surface area contributed by atoms with E-state index in [1.54, 1.807) is 24.3 Å². The molecule has 0 saturated carbocycles. The number of benzene rings is 1. The van der Waals surface area contributed by atoms with Crippen LogP contribution in [0, 0.1) is 20.8 Å². The Hall–Kier alpha value is -2.47. The maximum atomic E-state index is 12.2. The molecule has 0 fully saturated rings. The first kappa shape index (κ1) is 17.9. The molecule has 0 aliphatic rings. The standard InChI is InChI=1S/C18H19NO4S/c1-10-4-5-13(18(22)23)9-15(10)19-17(21)7-6-16(20)14-8-11(2)24-12(14)3/h4-5,8-9H,6-7H2,1-3H3,(H,19,21)(H,22,23). The van der Waals surface area contributed by atoms with Crippen LogP contribution in [0.1, 0.15) is 48.9 Å². The highest BCUT2D eigenvalue weighted by molar-refractivity contribution is 7.12. The summed E-state index contributed by atoms with van der Waals surface area (Å²) in [5, 5.41) is 11.7. The van der Waals surface area contributed by atoms with E-state index >= 15 is 0 Å². The molecule has 0 unspecified atom stereocenters. The second-order valence-electron chi connectivity index (χ2n) is 5.63. The van der Waals surface area contributed by atoms with Gasteiger partial charge < -0.3 is 10.4 Å². The molecule has 0 atom stereocenters. The summed E-state index contributed by atoms with van der Waals surface area (Å²) in [6.45, 7) is 5.62. The molecule has 0 radical (unpaired) electrons. The molecule has 1 amide bonds. The second kappa shape index (κ2) is 7.40. The van der Waals surface area contributed by atoms with Gasteiger partial charge in [0.2, 0.25) is 5.91 Å². The summed E-state index contributed by atoms with van der Waals surface area (Å²) in [6.07, 6.45) is 0.185. The van der Waals surface area contributed by atoms with Gasteiger partial charge in [-0.3, -0.25) is 9.59 Å². The van der Waals surface area contributed by atoms with Crippen molar-refractivity contribution in [1.82, 2.24) is 0 Å². The molecule has 0 spiro atoms. The predicted molar refractivity (Wildman–Crippen MR) is 94.1 cm³/mol. The number of nitrogens with one attached hydrogen (secondary N) is 1. The highest BCUT2D eigenvalue weighted by Crippen LogP contribution is 2.22. The Balaban J connectivity index is 1.99. The smallest absolute Gasteiger partial charge is 0.335 e. The minimum atomic E-state index is -1.05. The summed E-state index contributed by atoms with van der Waals surface area (Å²) in [5.41, 5.74) is 2.00. The van der Waals surface area contributed by atoms with Gasteiger partial charge in [0, 0.05) is 33.8 Å². The van der Waals surface area contributed by atoms with E-state index in [9.17, 15) is 14.4 Å². The molecule has 24 heavy (non-hydrogen) atoms. The van der Waals surface area contributed by atoms with Crippen molar-refractivity contribution in [2.45, 2.75) is 33.6 Å². The van der Waals surface area contributed by atoms with Crippen LogP contribution in [0.15, 0.2) is 24.3 Å². The zero-order valence-corrected chi connectivity index (χ0v) is 14.6. The molecule has 1 aromatic carbocycles. The summed E-state index contributed by atoms with van der Waals surface area (Å²) < 4.78 is 0. The number of rotatable bonds is 6. The van der Waals surface area contributed by atoms with Crippen LogP contribution in [-0.2, 0) is 4.79 Å². The van der Waals surface area contributed by atoms with Crippen molar-refractivity contribution >= 4 is 34.7 Å². The molecule has 5 nitrogen and oxygen atoms in total. The molecule has 2 N–H and O–H groups in total. The van der Waals surface area contributed by atoms with Crippen LogP contribution in [0.3, 0.4) is 0 Å². The van der Waals surface area contributed by atoms with Crippen molar-refractivity contribution in [3.63, 3.8) is 0 Å². The fourth-order valence-corrected chi connectivity index (χ4v) is 3.31. The maximum Gasteiger partial charge on any atom is 0.335 e. The van der Waals surface area contributed by atoms with Crippen LogP contribution >= 0.6 is 11.3 Å². The number of aromatic carboxylic acids is 1. The summed E-state index contributed by atoms with van der Waals surface area (Å²) >= 11 is 1.56. The number of ketones is 1. The molecule has 6 heteroatoms. The van der Waals surface area contributed by atoms with E-state index < -0.39 is 5.97 Å². The average Bonchev–Trinajstić information content (AvgIpc) is 2.85. The SMILES string of the molecule is Cc1cc(C(=O)CCC(=O)Nc2cc(C(=O)O)ccc2C)c(C)s1. The second-order valence-corrected chi connectivity index (χ2v) is 7.09. The third-order valence-electron chi connectivity index (χ3n) is 3.68. The first-order valence-corrected chi connectivity index (χ1v) is 8.33. The third-order valence-corrected chi connectivity index (χ3v) is 4.65. The van der Waals surface area contributed by atoms with Crippen molar-refractivity contribution < 1.29 is 19.5 Å². The molecule has 0 bridgehead atoms. The van der Waals surface area contributed by atoms with E-state index in [0.29, 0.717) is 11.3 Å². The zero-order chi connectivity index (χ0) is 17.9. The Morgan fingerprint density at radius 3 is 2.38 bits per heavy atom. The van der Waals surface area contributed by atoms with Gasteiger partial charge in [0.25, 0.3) is 0 Å². The van der Waals surface area contributed by atoms with Crippen LogP contribution < -0.4 is 5.32 Å². The van der Waals surface area contributed by atoms with Crippen molar-refractivity contribution in [2.75, 3.05) is 5.32 Å². The van der Waals surface area contributed by atoms with Gasteiger partial charge in [-0.15, -0.1) is 11.3 Å². The number of Topliss-reactive ketones (excluding diaryl/α,β-unsaturated/α-hetero) is 1. The average molecular weight is 345 g/mol. The first-order valence-electron chi connectivity index (χ1n) is 7.52. The lowest BCUT2D eigenvalue weighted by Gasteiger charge is -2.09. The lowest BCUT2D eigenvalue weighted by molar-refractivity contribution is -0.116. The summed E-state index contributed by atoms with van der Waals surface area (Å²) in [5.74, 6) is -1.41. The molecule has 1 aromatic heterocycles. The first-order chi connectivity index (χ1) is 11.3. The highest BCUT2D eigenvalue weighted by atomic mass is 32.1. The van der Waals surface area contributed by atoms with E-state index in [-0.39, 0.29) is 30.1 Å². The maximum absolute atomic E-state index is 12.2. The molecule has 2 rings (SSSR count). The molecule has 0 aliphatic heterocycles. The number of carboxylic acids is 1. The Morgan fingerprint density at radius 2 is 1.79 bits per heavy atom. The Kier molecular flexibility index (Phi) is 5.51. The summed E-state index contributed by atoms with van der Waals surface area (Å²) in [4.78, 5) is 37.3. The number of amides is 1. The van der Waals surface area contributed by atoms with Crippen molar-refractivity contribution in [1.29, 1.82) is 0 Å². The van der Waals surface area contributed by atoms with Crippen molar-refractivity contribution in [3.8, 4) is 0 Å². The lowest BCUT2D eigenvalue weighted by Crippen LogP contribution is -2.15. The van der Waals surface area contributed by atoms with Crippen LogP contribution in [0.2, 0.25) is 0 Å². The van der Waals surface area contributed by atoms with Crippen LogP contribution in [-0.4, -0.2) is 22.8 Å². The number of thiophene rings is 1. The molecule has 0 saturated heterocycles. The summed E-state index contributed by atoms with van der Waals surface area (Å²) in [6, 6.07) is 6.39. The fourth-order valence-electron chi connectivity index (χ4n) is 2.37. The van der Waals surface area contributed by atoms with Gasteiger partial charge in [0.15, 0.2) is 5.78 Å². The third kappa shape index (κ3) is 4.29. The number of carbonyl (C=O) groups is 3. The lowest BCUT2D eigenvalue weighted by atomic mass is 10.1. The number of hydrogen-bond donors (Lipinski definition) is 2. The minimum Gasteiger partial charge on any atom is -0.478 e. The molecule has 0 aliphatic carbocycles. The van der Waals surface area contributed by atoms with Gasteiger partial charge in [0.05, 0.1) is 5.56 Å². The normalized spacial score (nSPS) is 10.5. The van der Waals surface area contributed by atoms with Crippen molar-refractivity contribution in [3.05, 3.63) is 50.7 Å². The van der Waals surface area contributed by atoms with E-state index in [0.717, 1.165) is 15.3 Å². The number of carbonyl (C=O) groups excluding carboxylic acids is 2. The number of carboxylic acid groups (broad SMARTS) is 1. The number of anilines is 1. The molecular weight excluding hydrogens is 326 g/mol. The zero-order valence-electron chi connectivity index (χ0n) is 13.8. The molecular formula is C18H19NO4S. The van der Waals surface area contributed by atoms with Gasteiger partial charge >= 0.3 is 5.97 Å².